The molecule has 0 radical (unpaired) electrons. The molecule has 1 heterocycles. The van der Waals surface area contributed by atoms with Crippen LogP contribution >= 0.6 is 0 Å². The average Bonchev–Trinajstić information content (AvgIpc) is 2.71. The van der Waals surface area contributed by atoms with Gasteiger partial charge in [-0.3, -0.25) is 4.90 Å². The highest BCUT2D eigenvalue weighted by molar-refractivity contribution is 7.92. The lowest BCUT2D eigenvalue weighted by Gasteiger charge is -2.34. The summed E-state index contributed by atoms with van der Waals surface area (Å²) in [5.74, 6) is 6.63. The summed E-state index contributed by atoms with van der Waals surface area (Å²) < 4.78 is 31.6. The maximum Gasteiger partial charge on any atom is 0.236 e. The van der Waals surface area contributed by atoms with Gasteiger partial charge in [-0.05, 0) is 37.4 Å². The molecule has 0 amide bonds. The predicted molar refractivity (Wildman–Crippen MR) is 110 cm³/mol. The van der Waals surface area contributed by atoms with Crippen LogP contribution in [0, 0.1) is 11.8 Å². The Morgan fingerprint density at radius 1 is 1.11 bits per heavy atom. The molecular formula is C20H29N3O3S. The number of methoxy groups -OCH3 is 1. The summed E-state index contributed by atoms with van der Waals surface area (Å²) in [5.41, 5.74) is 1.07. The summed E-state index contributed by atoms with van der Waals surface area (Å²) in [6.07, 6.45) is 1.44. The molecule has 1 aliphatic heterocycles. The summed E-state index contributed by atoms with van der Waals surface area (Å²) in [7, 11) is -1.78. The molecule has 0 saturated carbocycles. The van der Waals surface area contributed by atoms with E-state index in [-0.39, 0.29) is 0 Å². The molecular weight excluding hydrogens is 362 g/mol. The summed E-state index contributed by atoms with van der Waals surface area (Å²) in [5, 5.41) is 1.21. The Morgan fingerprint density at radius 3 is 2.30 bits per heavy atom. The first-order valence-electron chi connectivity index (χ1n) is 9.26. The van der Waals surface area contributed by atoms with E-state index in [2.05, 4.69) is 35.5 Å². The summed E-state index contributed by atoms with van der Waals surface area (Å²) in [4.78, 5) is 4.35. The first-order valence-corrected chi connectivity index (χ1v) is 10.8. The second-order valence-electron chi connectivity index (χ2n) is 6.21. The van der Waals surface area contributed by atoms with Crippen LogP contribution in [-0.4, -0.2) is 70.5 Å². The lowest BCUT2D eigenvalue weighted by atomic mass is 10.2. The van der Waals surface area contributed by atoms with Gasteiger partial charge in [0.1, 0.15) is 5.75 Å². The Hall–Kier alpha value is -2.01. The smallest absolute Gasteiger partial charge is 0.236 e. The Morgan fingerprint density at radius 2 is 1.74 bits per heavy atom. The van der Waals surface area contributed by atoms with Crippen LogP contribution < -0.4 is 9.64 Å². The molecule has 0 bridgehead atoms. The van der Waals surface area contributed by atoms with Crippen molar-refractivity contribution in [3.63, 3.8) is 0 Å². The van der Waals surface area contributed by atoms with Crippen molar-refractivity contribution in [2.75, 3.05) is 57.8 Å². The van der Waals surface area contributed by atoms with Crippen LogP contribution in [0.1, 0.15) is 13.8 Å². The number of nitrogens with zero attached hydrogens (tertiary/aromatic N) is 3. The van der Waals surface area contributed by atoms with E-state index in [9.17, 15) is 8.42 Å². The first kappa shape index (κ1) is 21.3. The number of benzene rings is 1. The van der Waals surface area contributed by atoms with E-state index in [1.807, 2.05) is 24.3 Å². The fourth-order valence-corrected chi connectivity index (χ4v) is 3.95. The zero-order valence-electron chi connectivity index (χ0n) is 16.4. The SMILES string of the molecule is CCN(CC)CC#C/C=C\S(=O)(=O)N1CCN(c2ccc(OC)cc2)CC1. The Balaban J connectivity index is 1.88. The molecule has 0 aliphatic carbocycles. The van der Waals surface area contributed by atoms with Gasteiger partial charge in [-0.15, -0.1) is 0 Å². The van der Waals surface area contributed by atoms with Crippen LogP contribution in [0.2, 0.25) is 0 Å². The average molecular weight is 392 g/mol. The molecule has 0 aromatic heterocycles. The largest absolute Gasteiger partial charge is 0.497 e. The van der Waals surface area contributed by atoms with E-state index in [0.29, 0.717) is 32.7 Å². The topological polar surface area (TPSA) is 53.1 Å². The molecule has 1 saturated heterocycles. The molecule has 0 N–H and O–H groups in total. The maximum absolute atomic E-state index is 12.4. The maximum atomic E-state index is 12.4. The van der Waals surface area contributed by atoms with E-state index in [4.69, 9.17) is 4.74 Å². The third kappa shape index (κ3) is 6.28. The molecule has 1 fully saturated rings. The monoisotopic (exact) mass is 391 g/mol. The number of rotatable bonds is 7. The van der Waals surface area contributed by atoms with Crippen molar-refractivity contribution in [3.05, 3.63) is 35.7 Å². The van der Waals surface area contributed by atoms with Crippen LogP contribution in [0.3, 0.4) is 0 Å². The van der Waals surface area contributed by atoms with Crippen molar-refractivity contribution in [2.24, 2.45) is 0 Å². The Kier molecular flexibility index (Phi) is 8.17. The number of anilines is 1. The van der Waals surface area contributed by atoms with Gasteiger partial charge in [0.15, 0.2) is 0 Å². The lowest BCUT2D eigenvalue weighted by molar-refractivity contribution is 0.342. The quantitative estimate of drug-likeness (QED) is 0.666. The molecule has 7 heteroatoms. The lowest BCUT2D eigenvalue weighted by Crippen LogP contribution is -2.48. The summed E-state index contributed by atoms with van der Waals surface area (Å²) in [6.45, 7) is 8.93. The van der Waals surface area contributed by atoms with Gasteiger partial charge in [0.25, 0.3) is 0 Å². The van der Waals surface area contributed by atoms with Crippen molar-refractivity contribution in [2.45, 2.75) is 13.8 Å². The van der Waals surface area contributed by atoms with Crippen molar-refractivity contribution >= 4 is 15.7 Å². The highest BCUT2D eigenvalue weighted by Gasteiger charge is 2.25. The summed E-state index contributed by atoms with van der Waals surface area (Å²) in [6, 6.07) is 7.82. The summed E-state index contributed by atoms with van der Waals surface area (Å²) >= 11 is 0. The number of allylic oxidation sites excluding steroid dienone is 1. The van der Waals surface area contributed by atoms with Gasteiger partial charge in [-0.1, -0.05) is 25.7 Å². The van der Waals surface area contributed by atoms with Gasteiger partial charge < -0.3 is 9.64 Å². The zero-order chi connectivity index (χ0) is 19.7. The highest BCUT2D eigenvalue weighted by atomic mass is 32.2. The van der Waals surface area contributed by atoms with E-state index in [1.165, 1.54) is 15.8 Å². The molecule has 27 heavy (non-hydrogen) atoms. The van der Waals surface area contributed by atoms with Gasteiger partial charge in [0.05, 0.1) is 19.1 Å². The Bertz CT molecular complexity index is 767. The molecule has 0 spiro atoms. The van der Waals surface area contributed by atoms with Crippen molar-refractivity contribution in [1.82, 2.24) is 9.21 Å². The van der Waals surface area contributed by atoms with Crippen LogP contribution in [0.4, 0.5) is 5.69 Å². The number of ether oxygens (including phenoxy) is 1. The van der Waals surface area contributed by atoms with Gasteiger partial charge in [-0.25, -0.2) is 8.42 Å². The second-order valence-corrected chi connectivity index (χ2v) is 8.03. The normalized spacial score (nSPS) is 15.8. The fourth-order valence-electron chi connectivity index (χ4n) is 2.86. The van der Waals surface area contributed by atoms with Crippen LogP contribution in [0.25, 0.3) is 0 Å². The minimum absolute atomic E-state index is 0.464. The second kappa shape index (κ2) is 10.4. The van der Waals surface area contributed by atoms with Gasteiger partial charge in [0, 0.05) is 37.9 Å². The number of hydrogen-bond donors (Lipinski definition) is 0. The van der Waals surface area contributed by atoms with Crippen molar-refractivity contribution < 1.29 is 13.2 Å². The van der Waals surface area contributed by atoms with Crippen LogP contribution in [0.5, 0.6) is 5.75 Å². The standard InChI is InChI=1S/C20H29N3O3S/c1-4-21(5-2)13-7-6-8-18-27(24,25)23-16-14-22(15-17-23)19-9-11-20(26-3)12-10-19/h8-12,18H,4-5,13-17H2,1-3H3/b18-8-. The van der Waals surface area contributed by atoms with Crippen LogP contribution in [0.15, 0.2) is 35.7 Å². The zero-order valence-corrected chi connectivity index (χ0v) is 17.2. The first-order chi connectivity index (χ1) is 13.0. The molecule has 1 aliphatic rings. The van der Waals surface area contributed by atoms with Gasteiger partial charge >= 0.3 is 0 Å². The van der Waals surface area contributed by atoms with Crippen molar-refractivity contribution in [3.8, 4) is 17.6 Å². The van der Waals surface area contributed by atoms with E-state index in [1.54, 1.807) is 7.11 Å². The molecule has 2 rings (SSSR count). The number of piperazine rings is 1. The molecule has 6 nitrogen and oxygen atoms in total. The Labute approximate surface area is 163 Å². The fraction of sp³-hybridized carbons (Fsp3) is 0.500. The third-order valence-corrected chi connectivity index (χ3v) is 6.22. The highest BCUT2D eigenvalue weighted by Crippen LogP contribution is 2.21. The number of sulfonamides is 1. The van der Waals surface area contributed by atoms with E-state index >= 15 is 0 Å². The number of hydrogen-bond acceptors (Lipinski definition) is 5. The van der Waals surface area contributed by atoms with E-state index < -0.39 is 10.0 Å². The molecule has 0 unspecified atom stereocenters. The minimum atomic E-state index is -3.42. The molecule has 0 atom stereocenters. The van der Waals surface area contributed by atoms with Gasteiger partial charge in [0.2, 0.25) is 10.0 Å². The molecule has 148 valence electrons. The van der Waals surface area contributed by atoms with E-state index in [0.717, 1.165) is 24.5 Å². The van der Waals surface area contributed by atoms with Crippen LogP contribution in [-0.2, 0) is 10.0 Å². The molecule has 1 aromatic rings. The molecule has 1 aromatic carbocycles. The van der Waals surface area contributed by atoms with Crippen molar-refractivity contribution in [1.29, 1.82) is 0 Å². The third-order valence-electron chi connectivity index (χ3n) is 4.66. The van der Waals surface area contributed by atoms with Gasteiger partial charge in [-0.2, -0.15) is 4.31 Å². The minimum Gasteiger partial charge on any atom is -0.497 e. The predicted octanol–water partition coefficient (Wildman–Crippen LogP) is 2.01.